The molecule has 0 aliphatic rings. The zero-order valence-electron chi connectivity index (χ0n) is 13.3. The maximum atomic E-state index is 4.43. The van der Waals surface area contributed by atoms with Gasteiger partial charge >= 0.3 is 0 Å². The van der Waals surface area contributed by atoms with Gasteiger partial charge in [0.15, 0.2) is 11.0 Å². The zero-order valence-corrected chi connectivity index (χ0v) is 16.6. The molecule has 3 nitrogen and oxygen atoms in total. The third kappa shape index (κ3) is 3.54. The van der Waals surface area contributed by atoms with Crippen molar-refractivity contribution >= 4 is 39.0 Å². The van der Waals surface area contributed by atoms with Gasteiger partial charge in [-0.15, -0.1) is 21.5 Å². The Morgan fingerprint density at radius 1 is 1.22 bits per heavy atom. The second-order valence-corrected chi connectivity index (χ2v) is 8.26. The normalized spacial score (nSPS) is 11.1. The van der Waals surface area contributed by atoms with E-state index in [9.17, 15) is 0 Å². The number of nitrogens with zero attached hydrogens (tertiary/aromatic N) is 3. The largest absolute Gasteiger partial charge is 0.305 e. The molecule has 0 N–H and O–H groups in total. The molecule has 0 spiro atoms. The molecule has 0 unspecified atom stereocenters. The van der Waals surface area contributed by atoms with E-state index in [1.54, 1.807) is 23.1 Å². The molecular weight excluding hydrogens is 390 g/mol. The predicted molar refractivity (Wildman–Crippen MR) is 102 cm³/mol. The van der Waals surface area contributed by atoms with Crippen LogP contribution in [0.25, 0.3) is 11.4 Å². The summed E-state index contributed by atoms with van der Waals surface area (Å²) in [4.78, 5) is 1.37. The van der Waals surface area contributed by atoms with Crippen LogP contribution in [-0.4, -0.2) is 14.8 Å². The van der Waals surface area contributed by atoms with E-state index in [2.05, 4.69) is 74.2 Å². The Hall–Kier alpha value is -1.11. The molecule has 2 heterocycles. The molecule has 2 aromatic heterocycles. The molecular formula is C17H18BrN3S2. The summed E-state index contributed by atoms with van der Waals surface area (Å²) < 4.78 is 3.21. The topological polar surface area (TPSA) is 30.7 Å². The number of aryl methyl sites for hydroxylation is 1. The van der Waals surface area contributed by atoms with Gasteiger partial charge in [-0.2, -0.15) is 0 Å². The smallest absolute Gasteiger partial charge is 0.191 e. The molecule has 23 heavy (non-hydrogen) atoms. The minimum Gasteiger partial charge on any atom is -0.305 e. The van der Waals surface area contributed by atoms with E-state index in [4.69, 9.17) is 0 Å². The zero-order chi connectivity index (χ0) is 16.4. The van der Waals surface area contributed by atoms with Gasteiger partial charge in [-0.3, -0.25) is 0 Å². The Balaban J connectivity index is 1.80. The Labute approximate surface area is 153 Å². The summed E-state index contributed by atoms with van der Waals surface area (Å²) in [5, 5.41) is 12.0. The van der Waals surface area contributed by atoms with E-state index in [0.717, 1.165) is 27.6 Å². The fraction of sp³-hybridized carbons (Fsp3) is 0.294. The van der Waals surface area contributed by atoms with Crippen molar-refractivity contribution in [1.29, 1.82) is 0 Å². The van der Waals surface area contributed by atoms with Gasteiger partial charge in [0.1, 0.15) is 0 Å². The minimum absolute atomic E-state index is 0.891. The van der Waals surface area contributed by atoms with E-state index < -0.39 is 0 Å². The number of benzene rings is 1. The van der Waals surface area contributed by atoms with Crippen molar-refractivity contribution in [3.05, 3.63) is 50.1 Å². The van der Waals surface area contributed by atoms with E-state index in [1.165, 1.54) is 21.6 Å². The summed E-state index contributed by atoms with van der Waals surface area (Å²) in [6.45, 7) is 4.37. The first-order valence-electron chi connectivity index (χ1n) is 7.44. The van der Waals surface area contributed by atoms with Gasteiger partial charge in [0.2, 0.25) is 0 Å². The maximum absolute atomic E-state index is 4.43. The lowest BCUT2D eigenvalue weighted by molar-refractivity contribution is 0.793. The second-order valence-electron chi connectivity index (χ2n) is 5.32. The van der Waals surface area contributed by atoms with Gasteiger partial charge in [0, 0.05) is 33.1 Å². The lowest BCUT2D eigenvalue weighted by Gasteiger charge is -2.05. The quantitative estimate of drug-likeness (QED) is 0.525. The van der Waals surface area contributed by atoms with Crippen LogP contribution in [0.2, 0.25) is 0 Å². The van der Waals surface area contributed by atoms with Crippen molar-refractivity contribution in [3.63, 3.8) is 0 Å². The number of hydrogen-bond acceptors (Lipinski definition) is 4. The highest BCUT2D eigenvalue weighted by atomic mass is 79.9. The Kier molecular flexibility index (Phi) is 5.24. The summed E-state index contributed by atoms with van der Waals surface area (Å²) in [6, 6.07) is 8.40. The molecule has 0 amide bonds. The molecule has 0 bridgehead atoms. The average Bonchev–Trinajstić information content (AvgIpc) is 3.09. The van der Waals surface area contributed by atoms with Crippen LogP contribution in [-0.2, 0) is 19.2 Å². The van der Waals surface area contributed by atoms with Crippen molar-refractivity contribution in [3.8, 4) is 11.4 Å². The number of aromatic nitrogens is 3. The van der Waals surface area contributed by atoms with Crippen LogP contribution in [0.4, 0.5) is 0 Å². The number of hydrogen-bond donors (Lipinski definition) is 0. The SMILES string of the molecule is CCc1c(-c2nnc(SCc3ccc(Br)cc3)n2C)csc1C. The molecule has 0 saturated carbocycles. The molecule has 3 rings (SSSR count). The van der Waals surface area contributed by atoms with E-state index in [-0.39, 0.29) is 0 Å². The monoisotopic (exact) mass is 407 g/mol. The summed E-state index contributed by atoms with van der Waals surface area (Å²) in [5.41, 5.74) is 3.89. The lowest BCUT2D eigenvalue weighted by Crippen LogP contribution is -1.96. The van der Waals surface area contributed by atoms with Crippen molar-refractivity contribution in [2.45, 2.75) is 31.2 Å². The van der Waals surface area contributed by atoms with E-state index in [1.807, 2.05) is 7.05 Å². The fourth-order valence-corrected chi connectivity index (χ4v) is 4.58. The molecule has 3 aromatic rings. The van der Waals surface area contributed by atoms with Crippen LogP contribution in [0.5, 0.6) is 0 Å². The molecule has 0 atom stereocenters. The van der Waals surface area contributed by atoms with Gasteiger partial charge in [-0.05, 0) is 36.6 Å². The van der Waals surface area contributed by atoms with Crippen LogP contribution in [0.1, 0.15) is 22.9 Å². The van der Waals surface area contributed by atoms with Crippen LogP contribution in [0, 0.1) is 6.92 Å². The van der Waals surface area contributed by atoms with Crippen LogP contribution in [0.15, 0.2) is 39.3 Å². The number of halogens is 1. The number of thioether (sulfide) groups is 1. The summed E-state index contributed by atoms with van der Waals surface area (Å²) in [7, 11) is 2.05. The molecule has 120 valence electrons. The van der Waals surface area contributed by atoms with Crippen LogP contribution in [0.3, 0.4) is 0 Å². The van der Waals surface area contributed by atoms with E-state index in [0.29, 0.717) is 0 Å². The highest BCUT2D eigenvalue weighted by Crippen LogP contribution is 2.32. The Morgan fingerprint density at radius 2 is 1.96 bits per heavy atom. The van der Waals surface area contributed by atoms with Crippen molar-refractivity contribution in [2.24, 2.45) is 7.05 Å². The molecule has 0 aliphatic carbocycles. The fourth-order valence-electron chi connectivity index (χ4n) is 2.51. The van der Waals surface area contributed by atoms with Crippen molar-refractivity contribution in [1.82, 2.24) is 14.8 Å². The molecule has 0 radical (unpaired) electrons. The first kappa shape index (κ1) is 16.7. The van der Waals surface area contributed by atoms with Crippen LogP contribution < -0.4 is 0 Å². The van der Waals surface area contributed by atoms with Gasteiger partial charge in [0.25, 0.3) is 0 Å². The van der Waals surface area contributed by atoms with Crippen molar-refractivity contribution in [2.75, 3.05) is 0 Å². The van der Waals surface area contributed by atoms with Gasteiger partial charge < -0.3 is 4.57 Å². The van der Waals surface area contributed by atoms with Gasteiger partial charge in [-0.1, -0.05) is 46.7 Å². The molecule has 0 aliphatic heterocycles. The van der Waals surface area contributed by atoms with Crippen LogP contribution >= 0.6 is 39.0 Å². The minimum atomic E-state index is 0.891. The number of thiophene rings is 1. The molecule has 0 saturated heterocycles. The van der Waals surface area contributed by atoms with Gasteiger partial charge in [-0.25, -0.2) is 0 Å². The highest BCUT2D eigenvalue weighted by molar-refractivity contribution is 9.10. The average molecular weight is 408 g/mol. The molecule has 1 aromatic carbocycles. The first-order chi connectivity index (χ1) is 11.1. The summed E-state index contributed by atoms with van der Waals surface area (Å²) in [5.74, 6) is 1.85. The standard InChI is InChI=1S/C17H18BrN3S2/c1-4-14-11(2)22-10-15(14)16-19-20-17(21(16)3)23-9-12-5-7-13(18)8-6-12/h5-8,10H,4,9H2,1-3H3. The van der Waals surface area contributed by atoms with E-state index >= 15 is 0 Å². The lowest BCUT2D eigenvalue weighted by atomic mass is 10.1. The Morgan fingerprint density at radius 3 is 2.65 bits per heavy atom. The van der Waals surface area contributed by atoms with Crippen molar-refractivity contribution < 1.29 is 0 Å². The predicted octanol–water partition coefficient (Wildman–Crippen LogP) is 5.47. The third-order valence-corrected chi connectivity index (χ3v) is 6.39. The second kappa shape index (κ2) is 7.20. The first-order valence-corrected chi connectivity index (χ1v) is 10.1. The molecule has 6 heteroatoms. The Bertz CT molecular complexity index is 806. The summed E-state index contributed by atoms with van der Waals surface area (Å²) >= 11 is 6.97. The number of rotatable bonds is 5. The highest BCUT2D eigenvalue weighted by Gasteiger charge is 2.16. The summed E-state index contributed by atoms with van der Waals surface area (Å²) in [6.07, 6.45) is 1.03. The molecule has 0 fully saturated rings. The maximum Gasteiger partial charge on any atom is 0.191 e. The third-order valence-electron chi connectivity index (χ3n) is 3.81. The van der Waals surface area contributed by atoms with Gasteiger partial charge in [0.05, 0.1) is 0 Å².